The molecule has 2 nitrogen and oxygen atoms in total. The smallest absolute Gasteiger partial charge is 0.130 e. The Morgan fingerprint density at radius 3 is 2.41 bits per heavy atom. The standard InChI is InChI=1S/C14H10N2S/c17-14-13(10-6-2-1-3-7-10)15-11-8-4-5-9-12(11)16-14/h1-9H,(H,16,17). The van der Waals surface area contributed by atoms with E-state index in [1.54, 1.807) is 0 Å². The van der Waals surface area contributed by atoms with Gasteiger partial charge < -0.3 is 4.98 Å². The van der Waals surface area contributed by atoms with Gasteiger partial charge >= 0.3 is 0 Å². The van der Waals surface area contributed by atoms with E-state index in [9.17, 15) is 0 Å². The third-order valence-electron chi connectivity index (χ3n) is 2.65. The Labute approximate surface area is 104 Å². The number of para-hydroxylation sites is 2. The lowest BCUT2D eigenvalue weighted by atomic mass is 10.1. The van der Waals surface area contributed by atoms with Crippen molar-refractivity contribution in [3.8, 4) is 11.3 Å². The molecule has 3 rings (SSSR count). The first kappa shape index (κ1) is 10.2. The second-order valence-electron chi connectivity index (χ2n) is 3.80. The number of rotatable bonds is 1. The van der Waals surface area contributed by atoms with Gasteiger partial charge in [0.15, 0.2) is 0 Å². The molecule has 0 aliphatic carbocycles. The van der Waals surface area contributed by atoms with Crippen molar-refractivity contribution in [2.75, 3.05) is 0 Å². The summed E-state index contributed by atoms with van der Waals surface area (Å²) < 4.78 is 0.676. The molecule has 0 atom stereocenters. The molecule has 0 saturated carbocycles. The van der Waals surface area contributed by atoms with Crippen LogP contribution in [0.3, 0.4) is 0 Å². The van der Waals surface area contributed by atoms with Crippen LogP contribution in [-0.4, -0.2) is 9.97 Å². The highest BCUT2D eigenvalue weighted by molar-refractivity contribution is 7.71. The third kappa shape index (κ3) is 1.85. The van der Waals surface area contributed by atoms with E-state index in [2.05, 4.69) is 9.97 Å². The number of benzene rings is 2. The zero-order valence-electron chi connectivity index (χ0n) is 9.05. The van der Waals surface area contributed by atoms with Crippen LogP contribution in [0.15, 0.2) is 54.6 Å². The van der Waals surface area contributed by atoms with Gasteiger partial charge in [-0.05, 0) is 12.1 Å². The van der Waals surface area contributed by atoms with E-state index in [1.807, 2.05) is 54.6 Å². The molecule has 0 radical (unpaired) electrons. The summed E-state index contributed by atoms with van der Waals surface area (Å²) in [5.41, 5.74) is 3.77. The van der Waals surface area contributed by atoms with Crippen LogP contribution in [0, 0.1) is 4.64 Å². The van der Waals surface area contributed by atoms with Crippen LogP contribution in [0.25, 0.3) is 22.3 Å². The molecule has 0 bridgehead atoms. The van der Waals surface area contributed by atoms with Crippen molar-refractivity contribution in [3.05, 3.63) is 59.2 Å². The summed E-state index contributed by atoms with van der Waals surface area (Å²) in [5.74, 6) is 0. The summed E-state index contributed by atoms with van der Waals surface area (Å²) in [7, 11) is 0. The second-order valence-corrected chi connectivity index (χ2v) is 4.21. The number of hydrogen-bond acceptors (Lipinski definition) is 2. The van der Waals surface area contributed by atoms with Crippen LogP contribution < -0.4 is 0 Å². The SMILES string of the molecule is S=c1[nH]c2ccccc2nc1-c1ccccc1. The van der Waals surface area contributed by atoms with Crippen LogP contribution >= 0.6 is 12.2 Å². The molecule has 82 valence electrons. The molecule has 3 aromatic rings. The quantitative estimate of drug-likeness (QED) is 0.650. The number of fused-ring (bicyclic) bond motifs is 1. The summed E-state index contributed by atoms with van der Waals surface area (Å²) in [6, 6.07) is 17.9. The first-order valence-corrected chi connectivity index (χ1v) is 5.80. The van der Waals surface area contributed by atoms with Gasteiger partial charge in [-0.3, -0.25) is 0 Å². The molecule has 2 aromatic carbocycles. The van der Waals surface area contributed by atoms with Gasteiger partial charge in [-0.25, -0.2) is 4.98 Å². The van der Waals surface area contributed by atoms with Crippen LogP contribution in [-0.2, 0) is 0 Å². The fourth-order valence-electron chi connectivity index (χ4n) is 1.82. The predicted molar refractivity (Wildman–Crippen MR) is 72.4 cm³/mol. The fraction of sp³-hybridized carbons (Fsp3) is 0. The van der Waals surface area contributed by atoms with E-state index in [-0.39, 0.29) is 0 Å². The van der Waals surface area contributed by atoms with E-state index in [0.717, 1.165) is 22.3 Å². The van der Waals surface area contributed by atoms with Gasteiger partial charge in [0.1, 0.15) is 10.3 Å². The molecule has 17 heavy (non-hydrogen) atoms. The lowest BCUT2D eigenvalue weighted by Crippen LogP contribution is -1.90. The molecule has 3 heteroatoms. The van der Waals surface area contributed by atoms with Crippen molar-refractivity contribution in [1.82, 2.24) is 9.97 Å². The Morgan fingerprint density at radius 2 is 1.59 bits per heavy atom. The molecular weight excluding hydrogens is 228 g/mol. The molecule has 0 saturated heterocycles. The van der Waals surface area contributed by atoms with Crippen LogP contribution in [0.4, 0.5) is 0 Å². The zero-order chi connectivity index (χ0) is 11.7. The number of H-pyrrole nitrogens is 1. The molecule has 0 aliphatic rings. The van der Waals surface area contributed by atoms with Gasteiger partial charge in [0.05, 0.1) is 11.0 Å². The maximum Gasteiger partial charge on any atom is 0.130 e. The van der Waals surface area contributed by atoms with Crippen LogP contribution in [0.5, 0.6) is 0 Å². The Bertz CT molecular complexity index is 717. The summed E-state index contributed by atoms with van der Waals surface area (Å²) in [6.45, 7) is 0. The minimum absolute atomic E-state index is 0.676. The van der Waals surface area contributed by atoms with Gasteiger partial charge in [-0.2, -0.15) is 0 Å². The third-order valence-corrected chi connectivity index (χ3v) is 2.94. The van der Waals surface area contributed by atoms with E-state index < -0.39 is 0 Å². The molecule has 0 aliphatic heterocycles. The number of aromatic amines is 1. The summed E-state index contributed by atoms with van der Waals surface area (Å²) >= 11 is 5.34. The number of hydrogen-bond donors (Lipinski definition) is 1. The van der Waals surface area contributed by atoms with Gasteiger partial charge in [-0.1, -0.05) is 54.7 Å². The molecule has 0 spiro atoms. The van der Waals surface area contributed by atoms with E-state index in [4.69, 9.17) is 12.2 Å². The molecular formula is C14H10N2S. The number of nitrogens with one attached hydrogen (secondary N) is 1. The normalized spacial score (nSPS) is 10.6. The Kier molecular flexibility index (Phi) is 2.46. The number of aromatic nitrogens is 2. The highest BCUT2D eigenvalue weighted by Gasteiger charge is 2.03. The summed E-state index contributed by atoms with van der Waals surface area (Å²) in [6.07, 6.45) is 0. The van der Waals surface area contributed by atoms with Crippen molar-refractivity contribution in [3.63, 3.8) is 0 Å². The van der Waals surface area contributed by atoms with Crippen molar-refractivity contribution in [2.24, 2.45) is 0 Å². The van der Waals surface area contributed by atoms with E-state index in [1.165, 1.54) is 0 Å². The number of nitrogens with zero attached hydrogens (tertiary/aromatic N) is 1. The van der Waals surface area contributed by atoms with E-state index >= 15 is 0 Å². The average Bonchev–Trinajstić information content (AvgIpc) is 2.39. The maximum atomic E-state index is 5.34. The highest BCUT2D eigenvalue weighted by Crippen LogP contribution is 2.20. The Morgan fingerprint density at radius 1 is 0.882 bits per heavy atom. The van der Waals surface area contributed by atoms with Crippen LogP contribution in [0.1, 0.15) is 0 Å². The van der Waals surface area contributed by atoms with Crippen LogP contribution in [0.2, 0.25) is 0 Å². The molecule has 1 N–H and O–H groups in total. The van der Waals surface area contributed by atoms with Crippen molar-refractivity contribution < 1.29 is 0 Å². The molecule has 1 aromatic heterocycles. The predicted octanol–water partition coefficient (Wildman–Crippen LogP) is 3.96. The maximum absolute atomic E-state index is 5.34. The molecule has 0 fully saturated rings. The van der Waals surface area contributed by atoms with Gasteiger partial charge in [0, 0.05) is 5.56 Å². The molecule has 0 amide bonds. The fourth-order valence-corrected chi connectivity index (χ4v) is 2.09. The minimum atomic E-state index is 0.676. The topological polar surface area (TPSA) is 28.7 Å². The molecule has 0 unspecified atom stereocenters. The highest BCUT2D eigenvalue weighted by atomic mass is 32.1. The minimum Gasteiger partial charge on any atom is -0.343 e. The second kappa shape index (κ2) is 4.11. The van der Waals surface area contributed by atoms with Gasteiger partial charge in [0.2, 0.25) is 0 Å². The van der Waals surface area contributed by atoms with Crippen molar-refractivity contribution in [1.29, 1.82) is 0 Å². The van der Waals surface area contributed by atoms with E-state index in [0.29, 0.717) is 4.64 Å². The summed E-state index contributed by atoms with van der Waals surface area (Å²) in [4.78, 5) is 7.82. The monoisotopic (exact) mass is 238 g/mol. The molecule has 1 heterocycles. The largest absolute Gasteiger partial charge is 0.343 e. The Hall–Kier alpha value is -2.00. The first-order chi connectivity index (χ1) is 8.34. The average molecular weight is 238 g/mol. The Balaban J connectivity index is 2.31. The van der Waals surface area contributed by atoms with Gasteiger partial charge in [-0.15, -0.1) is 0 Å². The van der Waals surface area contributed by atoms with Gasteiger partial charge in [0.25, 0.3) is 0 Å². The lowest BCUT2D eigenvalue weighted by molar-refractivity contribution is 1.27. The van der Waals surface area contributed by atoms with Crippen molar-refractivity contribution >= 4 is 23.3 Å². The zero-order valence-corrected chi connectivity index (χ0v) is 9.87. The summed E-state index contributed by atoms with van der Waals surface area (Å²) in [5, 5.41) is 0. The first-order valence-electron chi connectivity index (χ1n) is 5.39. The van der Waals surface area contributed by atoms with Crippen molar-refractivity contribution in [2.45, 2.75) is 0 Å². The lowest BCUT2D eigenvalue weighted by Gasteiger charge is -2.03.